The fraction of sp³-hybridized carbons (Fsp3) is 0.364. The first kappa shape index (κ1) is 20.5. The van der Waals surface area contributed by atoms with Crippen molar-refractivity contribution in [2.24, 2.45) is 5.41 Å². The second-order valence-corrected chi connectivity index (χ2v) is 7.47. The van der Waals surface area contributed by atoms with E-state index in [0.29, 0.717) is 12.8 Å². The standard InChI is InChI=1S/C22H24N2O3.ClH/c25-20-15-22(21(26)24(20)27-17-19-9-5-2-6-10-19)11-13-23(14-12-22)16-18-7-3-1-4-8-18;/h1-10H,11-17H2;1H. The Morgan fingerprint density at radius 1 is 0.857 bits per heavy atom. The van der Waals surface area contributed by atoms with E-state index in [1.54, 1.807) is 0 Å². The van der Waals surface area contributed by atoms with Gasteiger partial charge < -0.3 is 0 Å². The zero-order valence-electron chi connectivity index (χ0n) is 15.8. The molecule has 2 saturated heterocycles. The average Bonchev–Trinajstić information content (AvgIpc) is 2.93. The fourth-order valence-corrected chi connectivity index (χ4v) is 3.98. The zero-order valence-corrected chi connectivity index (χ0v) is 16.6. The molecule has 0 N–H and O–H groups in total. The van der Waals surface area contributed by atoms with Crippen LogP contribution >= 0.6 is 12.4 Å². The monoisotopic (exact) mass is 400 g/mol. The molecule has 2 amide bonds. The molecule has 5 nitrogen and oxygen atoms in total. The molecule has 1 spiro atoms. The average molecular weight is 401 g/mol. The summed E-state index contributed by atoms with van der Waals surface area (Å²) in [7, 11) is 0. The fourth-order valence-electron chi connectivity index (χ4n) is 3.98. The van der Waals surface area contributed by atoms with Gasteiger partial charge in [-0.05, 0) is 37.1 Å². The van der Waals surface area contributed by atoms with Crippen molar-refractivity contribution in [2.45, 2.75) is 32.4 Å². The molecular weight excluding hydrogens is 376 g/mol. The highest BCUT2D eigenvalue weighted by Crippen LogP contribution is 2.42. The van der Waals surface area contributed by atoms with Crippen LogP contribution in [0.4, 0.5) is 0 Å². The molecule has 0 bridgehead atoms. The number of rotatable bonds is 5. The van der Waals surface area contributed by atoms with Crippen molar-refractivity contribution < 1.29 is 14.4 Å². The molecule has 0 aromatic heterocycles. The predicted octanol–water partition coefficient (Wildman–Crippen LogP) is 3.58. The Morgan fingerprint density at radius 2 is 1.43 bits per heavy atom. The topological polar surface area (TPSA) is 49.9 Å². The number of hydroxylamine groups is 2. The third-order valence-corrected chi connectivity index (χ3v) is 5.62. The minimum atomic E-state index is -0.582. The van der Waals surface area contributed by atoms with Gasteiger partial charge in [0.15, 0.2) is 0 Å². The number of hydrogen-bond acceptors (Lipinski definition) is 4. The Balaban J connectivity index is 0.00000225. The van der Waals surface area contributed by atoms with Crippen LogP contribution in [0.15, 0.2) is 60.7 Å². The van der Waals surface area contributed by atoms with Gasteiger partial charge in [-0.3, -0.25) is 19.3 Å². The highest BCUT2D eigenvalue weighted by molar-refractivity contribution is 6.04. The molecule has 0 unspecified atom stereocenters. The lowest BCUT2D eigenvalue weighted by Gasteiger charge is -2.37. The zero-order chi connectivity index (χ0) is 18.7. The molecule has 2 aromatic carbocycles. The normalized spacial score (nSPS) is 19.1. The van der Waals surface area contributed by atoms with Crippen LogP contribution in [-0.4, -0.2) is 34.9 Å². The summed E-state index contributed by atoms with van der Waals surface area (Å²) in [5.74, 6) is -0.379. The van der Waals surface area contributed by atoms with E-state index in [-0.39, 0.29) is 37.2 Å². The summed E-state index contributed by atoms with van der Waals surface area (Å²) in [5, 5.41) is 1.01. The van der Waals surface area contributed by atoms with Crippen LogP contribution in [0.1, 0.15) is 30.4 Å². The number of nitrogens with zero attached hydrogens (tertiary/aromatic N) is 2. The van der Waals surface area contributed by atoms with Crippen LogP contribution in [0, 0.1) is 5.41 Å². The van der Waals surface area contributed by atoms with Gasteiger partial charge in [0.25, 0.3) is 11.8 Å². The molecule has 2 heterocycles. The van der Waals surface area contributed by atoms with E-state index in [0.717, 1.165) is 30.3 Å². The maximum atomic E-state index is 12.9. The minimum absolute atomic E-state index is 0. The van der Waals surface area contributed by atoms with Gasteiger partial charge in [-0.2, -0.15) is 5.06 Å². The Hall–Kier alpha value is -2.21. The molecule has 2 fully saturated rings. The maximum absolute atomic E-state index is 12.9. The molecule has 148 valence electrons. The Labute approximate surface area is 171 Å². The van der Waals surface area contributed by atoms with Crippen molar-refractivity contribution in [2.75, 3.05) is 13.1 Å². The first-order valence-electron chi connectivity index (χ1n) is 9.47. The number of imide groups is 1. The molecule has 0 radical (unpaired) electrons. The first-order chi connectivity index (χ1) is 13.2. The minimum Gasteiger partial charge on any atom is -0.299 e. The van der Waals surface area contributed by atoms with Crippen molar-refractivity contribution in [3.63, 3.8) is 0 Å². The first-order valence-corrected chi connectivity index (χ1v) is 9.47. The molecule has 2 aliphatic heterocycles. The van der Waals surface area contributed by atoms with E-state index < -0.39 is 5.41 Å². The van der Waals surface area contributed by atoms with Crippen molar-refractivity contribution >= 4 is 24.2 Å². The second kappa shape index (κ2) is 8.86. The van der Waals surface area contributed by atoms with E-state index >= 15 is 0 Å². The largest absolute Gasteiger partial charge is 0.299 e. The Kier molecular flexibility index (Phi) is 6.50. The third-order valence-electron chi connectivity index (χ3n) is 5.62. The van der Waals surface area contributed by atoms with Crippen molar-refractivity contribution in [1.29, 1.82) is 0 Å². The van der Waals surface area contributed by atoms with Gasteiger partial charge in [0.05, 0.1) is 5.41 Å². The lowest BCUT2D eigenvalue weighted by molar-refractivity contribution is -0.194. The molecule has 2 aromatic rings. The second-order valence-electron chi connectivity index (χ2n) is 7.47. The summed E-state index contributed by atoms with van der Waals surface area (Å²) in [5.41, 5.74) is 1.63. The summed E-state index contributed by atoms with van der Waals surface area (Å²) in [4.78, 5) is 33.3. The smallest absolute Gasteiger partial charge is 0.260 e. The number of carbonyl (C=O) groups excluding carboxylic acids is 2. The van der Waals surface area contributed by atoms with Gasteiger partial charge in [-0.1, -0.05) is 60.7 Å². The van der Waals surface area contributed by atoms with Crippen LogP contribution in [-0.2, 0) is 27.6 Å². The quantitative estimate of drug-likeness (QED) is 0.720. The van der Waals surface area contributed by atoms with E-state index in [1.807, 2.05) is 48.5 Å². The molecule has 0 atom stereocenters. The van der Waals surface area contributed by atoms with E-state index in [2.05, 4.69) is 17.0 Å². The lowest BCUT2D eigenvalue weighted by Crippen LogP contribution is -2.44. The van der Waals surface area contributed by atoms with Crippen molar-refractivity contribution in [3.8, 4) is 0 Å². The summed E-state index contributed by atoms with van der Waals surface area (Å²) in [6.07, 6.45) is 1.67. The lowest BCUT2D eigenvalue weighted by atomic mass is 9.77. The van der Waals surface area contributed by atoms with Gasteiger partial charge in [-0.25, -0.2) is 0 Å². The van der Waals surface area contributed by atoms with Crippen LogP contribution in [0.2, 0.25) is 0 Å². The number of halogens is 1. The molecule has 28 heavy (non-hydrogen) atoms. The molecule has 0 saturated carbocycles. The van der Waals surface area contributed by atoms with E-state index in [4.69, 9.17) is 4.84 Å². The number of carbonyl (C=O) groups is 2. The maximum Gasteiger partial charge on any atom is 0.260 e. The predicted molar refractivity (Wildman–Crippen MR) is 108 cm³/mol. The molecular formula is C22H25ClN2O3. The summed E-state index contributed by atoms with van der Waals surface area (Å²) in [6.45, 7) is 2.75. The molecule has 2 aliphatic rings. The van der Waals surface area contributed by atoms with E-state index in [1.165, 1.54) is 5.56 Å². The van der Waals surface area contributed by atoms with Crippen molar-refractivity contribution in [1.82, 2.24) is 9.96 Å². The van der Waals surface area contributed by atoms with E-state index in [9.17, 15) is 9.59 Å². The molecule has 4 rings (SSSR count). The number of piperidine rings is 1. The molecule has 0 aliphatic carbocycles. The number of hydrogen-bond donors (Lipinski definition) is 0. The van der Waals surface area contributed by atoms with Gasteiger partial charge in [0.2, 0.25) is 0 Å². The number of likely N-dealkylation sites (tertiary alicyclic amines) is 1. The van der Waals surface area contributed by atoms with Crippen LogP contribution in [0.25, 0.3) is 0 Å². The highest BCUT2D eigenvalue weighted by atomic mass is 35.5. The van der Waals surface area contributed by atoms with Gasteiger partial charge in [0.1, 0.15) is 6.61 Å². The van der Waals surface area contributed by atoms with Gasteiger partial charge >= 0.3 is 0 Å². The summed E-state index contributed by atoms with van der Waals surface area (Å²) < 4.78 is 0. The van der Waals surface area contributed by atoms with Crippen LogP contribution in [0.5, 0.6) is 0 Å². The van der Waals surface area contributed by atoms with Gasteiger partial charge in [-0.15, -0.1) is 12.4 Å². The number of amides is 2. The summed E-state index contributed by atoms with van der Waals surface area (Å²) in [6, 6.07) is 19.9. The van der Waals surface area contributed by atoms with Crippen LogP contribution < -0.4 is 0 Å². The summed E-state index contributed by atoms with van der Waals surface area (Å²) >= 11 is 0. The van der Waals surface area contributed by atoms with Crippen LogP contribution in [0.3, 0.4) is 0 Å². The Bertz CT molecular complexity index is 805. The third kappa shape index (κ3) is 4.27. The van der Waals surface area contributed by atoms with Crippen molar-refractivity contribution in [3.05, 3.63) is 71.8 Å². The Morgan fingerprint density at radius 3 is 2.04 bits per heavy atom. The number of benzene rings is 2. The van der Waals surface area contributed by atoms with Gasteiger partial charge in [0, 0.05) is 13.0 Å². The highest BCUT2D eigenvalue weighted by Gasteiger charge is 2.53. The SMILES string of the molecule is Cl.O=C1CC2(CCN(Cc3ccccc3)CC2)C(=O)N1OCc1ccccc1. The molecule has 6 heteroatoms.